The van der Waals surface area contributed by atoms with Crippen molar-refractivity contribution in [1.82, 2.24) is 0 Å². The molecule has 72 valence electrons. The van der Waals surface area contributed by atoms with E-state index in [9.17, 15) is 0 Å². The first kappa shape index (κ1) is 7.30. The van der Waals surface area contributed by atoms with Crippen molar-refractivity contribution in [3.63, 3.8) is 0 Å². The number of nitrogens with zero attached hydrogens (tertiary/aromatic N) is 1. The third kappa shape index (κ3) is 0.651. The summed E-state index contributed by atoms with van der Waals surface area (Å²) in [6.07, 6.45) is 5.72. The second-order valence-electron chi connectivity index (χ2n) is 4.66. The van der Waals surface area contributed by atoms with Crippen molar-refractivity contribution < 1.29 is 4.84 Å². The smallest absolute Gasteiger partial charge is 0.191 e. The van der Waals surface area contributed by atoms with Crippen LogP contribution in [0.3, 0.4) is 0 Å². The first-order valence-corrected chi connectivity index (χ1v) is 5.47. The number of hydrogen-bond donors (Lipinski definition) is 0. The molecule has 1 unspecified atom stereocenters. The molecule has 1 aromatic rings. The van der Waals surface area contributed by atoms with E-state index in [2.05, 4.69) is 29.3 Å². The summed E-state index contributed by atoms with van der Waals surface area (Å²) in [6, 6.07) is 8.73. The highest BCUT2D eigenvalue weighted by molar-refractivity contribution is 5.65. The Balaban J connectivity index is 1.95. The van der Waals surface area contributed by atoms with Crippen LogP contribution in [0.25, 0.3) is 0 Å². The third-order valence-electron chi connectivity index (χ3n) is 4.03. The van der Waals surface area contributed by atoms with Gasteiger partial charge in [-0.3, -0.25) is 0 Å². The lowest BCUT2D eigenvalue weighted by atomic mass is 9.80. The Morgan fingerprint density at radius 1 is 1.21 bits per heavy atom. The van der Waals surface area contributed by atoms with E-state index < -0.39 is 0 Å². The molecule has 1 aromatic carbocycles. The number of hydrogen-bond acceptors (Lipinski definition) is 2. The van der Waals surface area contributed by atoms with Gasteiger partial charge in [-0.05, 0) is 24.5 Å². The summed E-state index contributed by atoms with van der Waals surface area (Å²) < 4.78 is 0. The molecule has 2 aliphatic heterocycles. The summed E-state index contributed by atoms with van der Waals surface area (Å²) in [5.74, 6) is 0. The Bertz CT molecular complexity index is 395. The Labute approximate surface area is 83.4 Å². The molecule has 1 spiro atoms. The summed E-state index contributed by atoms with van der Waals surface area (Å²) in [7, 11) is 0. The standard InChI is InChI=1S/C12H13NO/c1-2-6-10-9(5-1)12(7-3-4-8-12)11-13(10)14-11/h1-2,5-6,11H,3-4,7-8H2. The Morgan fingerprint density at radius 2 is 2.00 bits per heavy atom. The van der Waals surface area contributed by atoms with Gasteiger partial charge in [0.25, 0.3) is 0 Å². The molecule has 1 aliphatic carbocycles. The number of benzene rings is 1. The van der Waals surface area contributed by atoms with Crippen molar-refractivity contribution in [1.29, 1.82) is 0 Å². The molecule has 2 fully saturated rings. The number of anilines is 1. The maximum atomic E-state index is 5.65. The van der Waals surface area contributed by atoms with Crippen LogP contribution < -0.4 is 5.06 Å². The molecule has 0 N–H and O–H groups in total. The van der Waals surface area contributed by atoms with E-state index in [0.717, 1.165) is 0 Å². The van der Waals surface area contributed by atoms with Crippen molar-refractivity contribution in [2.24, 2.45) is 0 Å². The van der Waals surface area contributed by atoms with Gasteiger partial charge in [0.2, 0.25) is 0 Å². The van der Waals surface area contributed by atoms with Crippen LogP contribution in [0.1, 0.15) is 31.2 Å². The maximum Gasteiger partial charge on any atom is 0.191 e. The normalized spacial score (nSPS) is 30.6. The van der Waals surface area contributed by atoms with E-state index in [1.807, 2.05) is 0 Å². The van der Waals surface area contributed by atoms with Gasteiger partial charge in [0.1, 0.15) is 0 Å². The van der Waals surface area contributed by atoms with Crippen LogP contribution in [0.5, 0.6) is 0 Å². The lowest BCUT2D eigenvalue weighted by molar-refractivity contribution is 0.277. The van der Waals surface area contributed by atoms with E-state index in [1.165, 1.54) is 36.9 Å². The predicted octanol–water partition coefficient (Wildman–Crippen LogP) is 2.59. The van der Waals surface area contributed by atoms with Crippen LogP contribution in [0.4, 0.5) is 5.69 Å². The Kier molecular flexibility index (Phi) is 1.12. The number of para-hydroxylation sites is 1. The van der Waals surface area contributed by atoms with Crippen LogP contribution in [-0.2, 0) is 10.3 Å². The van der Waals surface area contributed by atoms with E-state index >= 15 is 0 Å². The van der Waals surface area contributed by atoms with E-state index in [0.29, 0.717) is 11.6 Å². The van der Waals surface area contributed by atoms with Crippen LogP contribution >= 0.6 is 0 Å². The van der Waals surface area contributed by atoms with Gasteiger partial charge < -0.3 is 0 Å². The molecular weight excluding hydrogens is 174 g/mol. The fourth-order valence-electron chi connectivity index (χ4n) is 3.33. The average Bonchev–Trinajstić information content (AvgIpc) is 2.83. The van der Waals surface area contributed by atoms with Gasteiger partial charge in [0.15, 0.2) is 6.23 Å². The van der Waals surface area contributed by atoms with E-state index in [1.54, 1.807) is 0 Å². The number of fused-ring (bicyclic) bond motifs is 5. The molecule has 1 atom stereocenters. The minimum absolute atomic E-state index is 0.358. The van der Waals surface area contributed by atoms with Gasteiger partial charge in [-0.1, -0.05) is 31.0 Å². The molecule has 1 saturated carbocycles. The van der Waals surface area contributed by atoms with Gasteiger partial charge in [0.05, 0.1) is 5.69 Å². The Hall–Kier alpha value is -1.02. The second-order valence-corrected chi connectivity index (χ2v) is 4.66. The first-order valence-electron chi connectivity index (χ1n) is 5.47. The topological polar surface area (TPSA) is 15.5 Å². The van der Waals surface area contributed by atoms with Crippen LogP contribution in [0.15, 0.2) is 24.3 Å². The van der Waals surface area contributed by atoms with Gasteiger partial charge in [-0.25, -0.2) is 9.90 Å². The molecular formula is C12H13NO. The van der Waals surface area contributed by atoms with Crippen LogP contribution in [0.2, 0.25) is 0 Å². The fraction of sp³-hybridized carbons (Fsp3) is 0.500. The van der Waals surface area contributed by atoms with Crippen LogP contribution in [-0.4, -0.2) is 6.23 Å². The maximum absolute atomic E-state index is 5.65. The molecule has 0 radical (unpaired) electrons. The lowest BCUT2D eigenvalue weighted by Gasteiger charge is -2.22. The molecule has 4 rings (SSSR count). The van der Waals surface area contributed by atoms with Crippen LogP contribution in [0, 0.1) is 0 Å². The molecule has 14 heavy (non-hydrogen) atoms. The first-order chi connectivity index (χ1) is 6.92. The van der Waals surface area contributed by atoms with Crippen molar-refractivity contribution in [2.75, 3.05) is 5.06 Å². The summed E-state index contributed by atoms with van der Waals surface area (Å²) in [6.45, 7) is 0. The van der Waals surface area contributed by atoms with Crippen molar-refractivity contribution in [2.45, 2.75) is 37.3 Å². The summed E-state index contributed by atoms with van der Waals surface area (Å²) in [5, 5.41) is 2.10. The van der Waals surface area contributed by atoms with Gasteiger partial charge in [-0.2, -0.15) is 0 Å². The minimum atomic E-state index is 0.358. The zero-order chi connectivity index (χ0) is 9.17. The summed E-state index contributed by atoms with van der Waals surface area (Å²) in [4.78, 5) is 5.65. The van der Waals surface area contributed by atoms with Crippen molar-refractivity contribution in [3.8, 4) is 0 Å². The zero-order valence-corrected chi connectivity index (χ0v) is 8.07. The molecule has 0 bridgehead atoms. The second kappa shape index (κ2) is 2.14. The molecule has 2 heteroatoms. The summed E-state index contributed by atoms with van der Waals surface area (Å²) in [5.41, 5.74) is 3.21. The largest absolute Gasteiger partial charge is 0.242 e. The predicted molar refractivity (Wildman–Crippen MR) is 53.9 cm³/mol. The van der Waals surface area contributed by atoms with Gasteiger partial charge >= 0.3 is 0 Å². The summed E-state index contributed by atoms with van der Waals surface area (Å²) >= 11 is 0. The number of rotatable bonds is 0. The SMILES string of the molecule is c1ccc2c(c1)N1OC1C21CCCC1. The molecule has 0 amide bonds. The minimum Gasteiger partial charge on any atom is -0.242 e. The highest BCUT2D eigenvalue weighted by Gasteiger charge is 2.62. The monoisotopic (exact) mass is 187 g/mol. The fourth-order valence-corrected chi connectivity index (χ4v) is 3.33. The average molecular weight is 187 g/mol. The van der Waals surface area contributed by atoms with E-state index in [4.69, 9.17) is 4.84 Å². The molecule has 3 aliphatic rings. The molecule has 2 nitrogen and oxygen atoms in total. The van der Waals surface area contributed by atoms with Gasteiger partial charge in [-0.15, -0.1) is 0 Å². The Morgan fingerprint density at radius 3 is 2.86 bits per heavy atom. The molecule has 2 heterocycles. The highest BCUT2D eigenvalue weighted by Crippen LogP contribution is 2.60. The number of hydroxylamine groups is 1. The zero-order valence-electron chi connectivity index (χ0n) is 8.07. The third-order valence-corrected chi connectivity index (χ3v) is 4.03. The molecule has 0 aromatic heterocycles. The molecule has 1 saturated heterocycles. The quantitative estimate of drug-likeness (QED) is 0.580. The highest BCUT2D eigenvalue weighted by atomic mass is 16.8. The van der Waals surface area contributed by atoms with Gasteiger partial charge in [0, 0.05) is 5.41 Å². The van der Waals surface area contributed by atoms with Crippen molar-refractivity contribution in [3.05, 3.63) is 29.8 Å². The van der Waals surface area contributed by atoms with Crippen molar-refractivity contribution >= 4 is 5.69 Å². The lowest BCUT2D eigenvalue weighted by Crippen LogP contribution is -2.26. The van der Waals surface area contributed by atoms with E-state index in [-0.39, 0.29) is 0 Å².